The highest BCUT2D eigenvalue weighted by Gasteiger charge is 2.27. The lowest BCUT2D eigenvalue weighted by Gasteiger charge is -2.25. The van der Waals surface area contributed by atoms with Crippen LogP contribution in [0.25, 0.3) is 0 Å². The lowest BCUT2D eigenvalue weighted by Crippen LogP contribution is -2.35. The average molecular weight is 169 g/mol. The van der Waals surface area contributed by atoms with Crippen LogP contribution in [0.2, 0.25) is 0 Å². The minimum atomic E-state index is 0.575. The van der Waals surface area contributed by atoms with Crippen LogP contribution in [0.15, 0.2) is 0 Å². The molecule has 0 radical (unpaired) electrons. The topological polar surface area (TPSA) is 15.8 Å². The first-order valence-electron chi connectivity index (χ1n) is 5.22. The van der Waals surface area contributed by atoms with E-state index in [-0.39, 0.29) is 0 Å². The van der Waals surface area contributed by atoms with Crippen LogP contribution < -0.4 is 0 Å². The highest BCUT2D eigenvalue weighted by molar-refractivity contribution is 4.79. The van der Waals surface area contributed by atoms with Gasteiger partial charge in [-0.15, -0.1) is 0 Å². The molecule has 0 spiro atoms. The summed E-state index contributed by atoms with van der Waals surface area (Å²) in [6, 6.07) is 0.789. The van der Waals surface area contributed by atoms with Crippen molar-refractivity contribution in [1.82, 2.24) is 4.90 Å². The van der Waals surface area contributed by atoms with Gasteiger partial charge in [-0.25, -0.2) is 0 Å². The van der Waals surface area contributed by atoms with Crippen molar-refractivity contribution in [3.63, 3.8) is 0 Å². The molecule has 0 amide bonds. The van der Waals surface area contributed by atoms with Gasteiger partial charge < -0.3 is 4.74 Å². The van der Waals surface area contributed by atoms with Crippen molar-refractivity contribution >= 4 is 0 Å². The van der Waals surface area contributed by atoms with Gasteiger partial charge in [-0.1, -0.05) is 12.8 Å². The van der Waals surface area contributed by atoms with Gasteiger partial charge in [0, 0.05) is 12.6 Å². The SMILES string of the molecule is CC1CCCCCN1C[C@H]1CO1. The zero-order valence-electron chi connectivity index (χ0n) is 7.96. The van der Waals surface area contributed by atoms with E-state index in [1.165, 1.54) is 38.8 Å². The quantitative estimate of drug-likeness (QED) is 0.584. The molecule has 2 atom stereocenters. The molecule has 2 rings (SSSR count). The average Bonchev–Trinajstić information content (AvgIpc) is 2.84. The van der Waals surface area contributed by atoms with Crippen LogP contribution in [0.1, 0.15) is 32.6 Å². The molecule has 0 aromatic rings. The number of epoxide rings is 1. The van der Waals surface area contributed by atoms with Crippen LogP contribution in [0.5, 0.6) is 0 Å². The van der Waals surface area contributed by atoms with Crippen molar-refractivity contribution in [2.45, 2.75) is 44.8 Å². The van der Waals surface area contributed by atoms with E-state index in [0.29, 0.717) is 6.10 Å². The zero-order chi connectivity index (χ0) is 8.39. The van der Waals surface area contributed by atoms with E-state index in [9.17, 15) is 0 Å². The van der Waals surface area contributed by atoms with Crippen molar-refractivity contribution in [1.29, 1.82) is 0 Å². The van der Waals surface area contributed by atoms with Gasteiger partial charge in [0.2, 0.25) is 0 Å². The number of nitrogens with zero attached hydrogens (tertiary/aromatic N) is 1. The van der Waals surface area contributed by atoms with E-state index < -0.39 is 0 Å². The van der Waals surface area contributed by atoms with Crippen molar-refractivity contribution in [2.24, 2.45) is 0 Å². The van der Waals surface area contributed by atoms with E-state index in [1.807, 2.05) is 0 Å². The first kappa shape index (κ1) is 8.52. The molecule has 0 N–H and O–H groups in total. The second-order valence-electron chi connectivity index (χ2n) is 4.15. The van der Waals surface area contributed by atoms with Crippen molar-refractivity contribution in [3.05, 3.63) is 0 Å². The van der Waals surface area contributed by atoms with E-state index in [1.54, 1.807) is 0 Å². The summed E-state index contributed by atoms with van der Waals surface area (Å²) in [5, 5.41) is 0. The number of hydrogen-bond donors (Lipinski definition) is 0. The Balaban J connectivity index is 1.81. The number of likely N-dealkylation sites (tertiary alicyclic amines) is 1. The van der Waals surface area contributed by atoms with Crippen molar-refractivity contribution < 1.29 is 4.74 Å². The van der Waals surface area contributed by atoms with Crippen LogP contribution in [0.3, 0.4) is 0 Å². The minimum absolute atomic E-state index is 0.575. The van der Waals surface area contributed by atoms with E-state index in [0.717, 1.165) is 12.6 Å². The Bertz CT molecular complexity index is 145. The van der Waals surface area contributed by atoms with Gasteiger partial charge in [0.15, 0.2) is 0 Å². The van der Waals surface area contributed by atoms with E-state index in [4.69, 9.17) is 4.74 Å². The standard InChI is InChI=1S/C10H19NO/c1-9-5-3-2-4-6-11(9)7-10-8-12-10/h9-10H,2-8H2,1H3/t9?,10-/m0/s1. The largest absolute Gasteiger partial charge is 0.372 e. The molecule has 2 aliphatic rings. The van der Waals surface area contributed by atoms with Crippen LogP contribution in [0, 0.1) is 0 Å². The summed E-state index contributed by atoms with van der Waals surface area (Å²) in [6.07, 6.45) is 6.19. The van der Waals surface area contributed by atoms with Gasteiger partial charge in [0.25, 0.3) is 0 Å². The highest BCUT2D eigenvalue weighted by Crippen LogP contribution is 2.19. The molecule has 0 aromatic carbocycles. The second kappa shape index (κ2) is 3.75. The lowest BCUT2D eigenvalue weighted by molar-refractivity contribution is 0.193. The molecule has 2 aliphatic heterocycles. The molecule has 0 bridgehead atoms. The fourth-order valence-corrected chi connectivity index (χ4v) is 2.04. The molecule has 1 unspecified atom stereocenters. The van der Waals surface area contributed by atoms with Crippen LogP contribution in [-0.2, 0) is 4.74 Å². The van der Waals surface area contributed by atoms with E-state index >= 15 is 0 Å². The fourth-order valence-electron chi connectivity index (χ4n) is 2.04. The Kier molecular flexibility index (Phi) is 2.66. The van der Waals surface area contributed by atoms with Crippen molar-refractivity contribution in [3.8, 4) is 0 Å². The molecular formula is C10H19NO. The van der Waals surface area contributed by atoms with E-state index in [2.05, 4.69) is 11.8 Å². The Morgan fingerprint density at radius 1 is 1.33 bits per heavy atom. The van der Waals surface area contributed by atoms with Gasteiger partial charge >= 0.3 is 0 Å². The van der Waals surface area contributed by atoms with Crippen LogP contribution in [-0.4, -0.2) is 36.7 Å². The van der Waals surface area contributed by atoms with Gasteiger partial charge in [-0.2, -0.15) is 0 Å². The Labute approximate surface area is 74.9 Å². The molecule has 0 aliphatic carbocycles. The third-order valence-corrected chi connectivity index (χ3v) is 3.03. The number of hydrogen-bond acceptors (Lipinski definition) is 2. The molecule has 12 heavy (non-hydrogen) atoms. The molecule has 0 aromatic heterocycles. The summed E-state index contributed by atoms with van der Waals surface area (Å²) in [5.74, 6) is 0. The Morgan fingerprint density at radius 3 is 2.92 bits per heavy atom. The third-order valence-electron chi connectivity index (χ3n) is 3.03. The maximum absolute atomic E-state index is 5.26. The Morgan fingerprint density at radius 2 is 2.17 bits per heavy atom. The molecule has 70 valence electrons. The molecular weight excluding hydrogens is 150 g/mol. The smallest absolute Gasteiger partial charge is 0.0936 e. The first-order valence-corrected chi connectivity index (χ1v) is 5.22. The van der Waals surface area contributed by atoms with Gasteiger partial charge in [0.05, 0.1) is 12.7 Å². The summed E-state index contributed by atoms with van der Waals surface area (Å²) in [7, 11) is 0. The lowest BCUT2D eigenvalue weighted by atomic mass is 10.1. The summed E-state index contributed by atoms with van der Waals surface area (Å²) < 4.78 is 5.26. The molecule has 2 fully saturated rings. The third kappa shape index (κ3) is 2.20. The molecule has 2 heterocycles. The Hall–Kier alpha value is -0.0800. The predicted molar refractivity (Wildman–Crippen MR) is 49.2 cm³/mol. The predicted octanol–water partition coefficient (Wildman–Crippen LogP) is 1.65. The second-order valence-corrected chi connectivity index (χ2v) is 4.15. The van der Waals surface area contributed by atoms with Gasteiger partial charge in [-0.3, -0.25) is 4.90 Å². The van der Waals surface area contributed by atoms with Crippen LogP contribution in [0.4, 0.5) is 0 Å². The van der Waals surface area contributed by atoms with Gasteiger partial charge in [-0.05, 0) is 26.3 Å². The monoisotopic (exact) mass is 169 g/mol. The summed E-state index contributed by atoms with van der Waals surface area (Å²) in [4.78, 5) is 2.60. The summed E-state index contributed by atoms with van der Waals surface area (Å²) in [5.41, 5.74) is 0. The maximum Gasteiger partial charge on any atom is 0.0936 e. The molecule has 2 nitrogen and oxygen atoms in total. The number of ether oxygens (including phenoxy) is 1. The normalized spacial score (nSPS) is 37.8. The summed E-state index contributed by atoms with van der Waals surface area (Å²) >= 11 is 0. The highest BCUT2D eigenvalue weighted by atomic mass is 16.6. The first-order chi connectivity index (χ1) is 5.86. The molecule has 0 saturated carbocycles. The summed E-state index contributed by atoms with van der Waals surface area (Å²) in [6.45, 7) is 5.83. The minimum Gasteiger partial charge on any atom is -0.372 e. The van der Waals surface area contributed by atoms with Gasteiger partial charge in [0.1, 0.15) is 0 Å². The zero-order valence-corrected chi connectivity index (χ0v) is 7.96. The fraction of sp³-hybridized carbons (Fsp3) is 1.00. The van der Waals surface area contributed by atoms with Crippen molar-refractivity contribution in [2.75, 3.05) is 19.7 Å². The molecule has 2 heteroatoms. The maximum atomic E-state index is 5.26. The molecule has 2 saturated heterocycles. The van der Waals surface area contributed by atoms with Crippen LogP contribution >= 0.6 is 0 Å². The number of rotatable bonds is 2.